The summed E-state index contributed by atoms with van der Waals surface area (Å²) >= 11 is 5.24. The molecule has 1 aromatic rings. The number of piperazine rings is 1. The van der Waals surface area contributed by atoms with Gasteiger partial charge in [0.2, 0.25) is 10.0 Å². The van der Waals surface area contributed by atoms with Crippen molar-refractivity contribution in [1.82, 2.24) is 14.5 Å². The normalized spacial score (nSPS) is 16.7. The van der Waals surface area contributed by atoms with Crippen LogP contribution in [0.4, 0.5) is 13.2 Å². The monoisotopic (exact) mass is 395 g/mol. The molecule has 1 fully saturated rings. The molecule has 2 rings (SSSR count). The lowest BCUT2D eigenvalue weighted by Gasteiger charge is -2.35. The molecule has 1 heterocycles. The maximum absolute atomic E-state index is 12.8. The number of sulfonamides is 1. The van der Waals surface area contributed by atoms with E-state index in [1.165, 1.54) is 10.4 Å². The van der Waals surface area contributed by atoms with Crippen molar-refractivity contribution in [2.75, 3.05) is 32.7 Å². The number of thiocarbonyl (C=S) groups is 1. The van der Waals surface area contributed by atoms with Crippen LogP contribution < -0.4 is 5.32 Å². The van der Waals surface area contributed by atoms with E-state index >= 15 is 0 Å². The first kappa shape index (κ1) is 19.9. The minimum Gasteiger partial charge on any atom is -0.363 e. The number of alkyl halides is 3. The highest BCUT2D eigenvalue weighted by Crippen LogP contribution is 2.31. The second-order valence-electron chi connectivity index (χ2n) is 5.65. The van der Waals surface area contributed by atoms with Gasteiger partial charge in [0.05, 0.1) is 10.5 Å². The van der Waals surface area contributed by atoms with Crippen LogP contribution in [0.5, 0.6) is 0 Å². The standard InChI is InChI=1S/C15H20F3N3O2S2/c1-2-6-19-14(24)20-7-9-21(10-8-20)25(22,23)13-5-3-4-12(11-13)15(16,17)18/h3-5,11H,2,6-10H2,1H3,(H,19,24). The molecule has 1 saturated heterocycles. The lowest BCUT2D eigenvalue weighted by molar-refractivity contribution is -0.137. The minimum atomic E-state index is -4.58. The third kappa shape index (κ3) is 4.83. The predicted octanol–water partition coefficient (Wildman–Crippen LogP) is 2.30. The Hall–Kier alpha value is -1.39. The molecular formula is C15H20F3N3O2S2. The molecule has 5 nitrogen and oxygen atoms in total. The van der Waals surface area contributed by atoms with Crippen molar-refractivity contribution in [3.05, 3.63) is 29.8 Å². The van der Waals surface area contributed by atoms with Crippen molar-refractivity contribution in [1.29, 1.82) is 0 Å². The smallest absolute Gasteiger partial charge is 0.363 e. The van der Waals surface area contributed by atoms with Gasteiger partial charge in [-0.3, -0.25) is 0 Å². The van der Waals surface area contributed by atoms with Gasteiger partial charge in [-0.15, -0.1) is 0 Å². The summed E-state index contributed by atoms with van der Waals surface area (Å²) < 4.78 is 64.8. The fourth-order valence-electron chi connectivity index (χ4n) is 2.46. The van der Waals surface area contributed by atoms with Crippen LogP contribution in [0, 0.1) is 0 Å². The molecule has 1 N–H and O–H groups in total. The van der Waals surface area contributed by atoms with Gasteiger partial charge in [-0.1, -0.05) is 13.0 Å². The molecule has 140 valence electrons. The van der Waals surface area contributed by atoms with Crippen molar-refractivity contribution in [2.45, 2.75) is 24.4 Å². The van der Waals surface area contributed by atoms with Crippen molar-refractivity contribution < 1.29 is 21.6 Å². The minimum absolute atomic E-state index is 0.173. The first-order valence-electron chi connectivity index (χ1n) is 7.86. The van der Waals surface area contributed by atoms with Gasteiger partial charge in [0.15, 0.2) is 5.11 Å². The molecule has 0 radical (unpaired) electrons. The molecule has 0 saturated carbocycles. The van der Waals surface area contributed by atoms with Gasteiger partial charge in [-0.05, 0) is 36.8 Å². The van der Waals surface area contributed by atoms with Crippen LogP contribution in [0.2, 0.25) is 0 Å². The molecule has 0 aliphatic carbocycles. The maximum Gasteiger partial charge on any atom is 0.416 e. The lowest BCUT2D eigenvalue weighted by Crippen LogP contribution is -2.53. The fourth-order valence-corrected chi connectivity index (χ4v) is 4.21. The Kier molecular flexibility index (Phi) is 6.28. The third-order valence-corrected chi connectivity index (χ3v) is 6.15. The second-order valence-corrected chi connectivity index (χ2v) is 7.97. The van der Waals surface area contributed by atoms with Gasteiger partial charge in [0.25, 0.3) is 0 Å². The van der Waals surface area contributed by atoms with Crippen molar-refractivity contribution >= 4 is 27.4 Å². The zero-order chi connectivity index (χ0) is 18.7. The molecule has 10 heteroatoms. The Morgan fingerprint density at radius 1 is 1.24 bits per heavy atom. The topological polar surface area (TPSA) is 52.6 Å². The van der Waals surface area contributed by atoms with Crippen molar-refractivity contribution in [2.24, 2.45) is 0 Å². The Bertz CT molecular complexity index is 715. The summed E-state index contributed by atoms with van der Waals surface area (Å²) in [5, 5.41) is 3.64. The number of benzene rings is 1. The predicted molar refractivity (Wildman–Crippen MR) is 92.7 cm³/mol. The zero-order valence-corrected chi connectivity index (χ0v) is 15.3. The Balaban J connectivity index is 2.08. The molecule has 0 amide bonds. The van der Waals surface area contributed by atoms with Crippen LogP contribution in [-0.4, -0.2) is 55.5 Å². The third-order valence-electron chi connectivity index (χ3n) is 3.85. The number of nitrogens with one attached hydrogen (secondary N) is 1. The first-order valence-corrected chi connectivity index (χ1v) is 9.71. The average Bonchev–Trinajstić information content (AvgIpc) is 2.59. The van der Waals surface area contributed by atoms with Gasteiger partial charge in [0.1, 0.15) is 0 Å². The summed E-state index contributed by atoms with van der Waals surface area (Å²) in [4.78, 5) is 1.52. The molecule has 0 unspecified atom stereocenters. The van der Waals surface area contributed by atoms with Crippen LogP contribution in [0.1, 0.15) is 18.9 Å². The van der Waals surface area contributed by atoms with Gasteiger partial charge in [0, 0.05) is 32.7 Å². The number of nitrogens with zero attached hydrogens (tertiary/aromatic N) is 2. The van der Waals surface area contributed by atoms with Crippen molar-refractivity contribution in [3.63, 3.8) is 0 Å². The largest absolute Gasteiger partial charge is 0.416 e. The van der Waals surface area contributed by atoms with E-state index < -0.39 is 21.8 Å². The fraction of sp³-hybridized carbons (Fsp3) is 0.533. The Morgan fingerprint density at radius 2 is 1.88 bits per heavy atom. The number of halogens is 3. The summed E-state index contributed by atoms with van der Waals surface area (Å²) in [7, 11) is -3.97. The molecule has 0 atom stereocenters. The second kappa shape index (κ2) is 7.88. The van der Waals surface area contributed by atoms with Gasteiger partial charge >= 0.3 is 6.18 Å². The quantitative estimate of drug-likeness (QED) is 0.793. The summed E-state index contributed by atoms with van der Waals surface area (Å²) in [6, 6.07) is 3.82. The number of rotatable bonds is 4. The highest BCUT2D eigenvalue weighted by molar-refractivity contribution is 7.89. The number of hydrogen-bond acceptors (Lipinski definition) is 3. The Morgan fingerprint density at radius 3 is 2.44 bits per heavy atom. The van der Waals surface area contributed by atoms with Gasteiger partial charge in [-0.25, -0.2) is 8.42 Å². The van der Waals surface area contributed by atoms with E-state index in [0.717, 1.165) is 25.1 Å². The lowest BCUT2D eigenvalue weighted by atomic mass is 10.2. The summed E-state index contributed by atoms with van der Waals surface area (Å²) in [6.45, 7) is 3.89. The molecule has 0 bridgehead atoms. The highest BCUT2D eigenvalue weighted by Gasteiger charge is 2.34. The van der Waals surface area contributed by atoms with Gasteiger partial charge < -0.3 is 10.2 Å². The molecule has 25 heavy (non-hydrogen) atoms. The van der Waals surface area contributed by atoms with E-state index in [1.54, 1.807) is 0 Å². The Labute approximate surface area is 150 Å². The molecule has 1 aliphatic rings. The van der Waals surface area contributed by atoms with Gasteiger partial charge in [-0.2, -0.15) is 17.5 Å². The van der Waals surface area contributed by atoms with Crippen LogP contribution in [0.3, 0.4) is 0 Å². The van der Waals surface area contributed by atoms with E-state index in [4.69, 9.17) is 12.2 Å². The van der Waals surface area contributed by atoms with E-state index in [1.807, 2.05) is 11.8 Å². The van der Waals surface area contributed by atoms with Crippen LogP contribution >= 0.6 is 12.2 Å². The molecule has 0 spiro atoms. The molecule has 1 aromatic carbocycles. The van der Waals surface area contributed by atoms with E-state index in [2.05, 4.69) is 5.32 Å². The summed E-state index contributed by atoms with van der Waals surface area (Å²) in [5.74, 6) is 0. The zero-order valence-electron chi connectivity index (χ0n) is 13.7. The molecule has 1 aliphatic heterocycles. The van der Waals surface area contributed by atoms with Crippen LogP contribution in [-0.2, 0) is 16.2 Å². The SMILES string of the molecule is CCCNC(=S)N1CCN(S(=O)(=O)c2cccc(C(F)(F)F)c2)CC1. The average molecular weight is 395 g/mol. The number of hydrogen-bond donors (Lipinski definition) is 1. The molecule has 0 aromatic heterocycles. The van der Waals surface area contributed by atoms with E-state index in [-0.39, 0.29) is 18.0 Å². The maximum atomic E-state index is 12.8. The van der Waals surface area contributed by atoms with E-state index in [9.17, 15) is 21.6 Å². The van der Waals surface area contributed by atoms with Crippen LogP contribution in [0.15, 0.2) is 29.2 Å². The summed E-state index contributed by atoms with van der Waals surface area (Å²) in [5.41, 5.74) is -0.975. The van der Waals surface area contributed by atoms with Crippen molar-refractivity contribution in [3.8, 4) is 0 Å². The first-order chi connectivity index (χ1) is 11.7. The highest BCUT2D eigenvalue weighted by atomic mass is 32.2. The van der Waals surface area contributed by atoms with Crippen LogP contribution in [0.25, 0.3) is 0 Å². The summed E-state index contributed by atoms with van der Waals surface area (Å²) in [6.07, 6.45) is -3.66. The van der Waals surface area contributed by atoms with E-state index in [0.29, 0.717) is 24.3 Å². The molecular weight excluding hydrogens is 375 g/mol.